The Bertz CT molecular complexity index is 433. The molecule has 0 radical (unpaired) electrons. The van der Waals surface area contributed by atoms with Gasteiger partial charge in [0.25, 0.3) is 5.91 Å². The molecule has 1 aromatic heterocycles. The molecule has 5 nitrogen and oxygen atoms in total. The molecule has 2 rings (SSSR count). The summed E-state index contributed by atoms with van der Waals surface area (Å²) in [7, 11) is 0. The minimum absolute atomic E-state index is 0.172. The van der Waals surface area contributed by atoms with Crippen LogP contribution in [0, 0.1) is 5.92 Å². The van der Waals surface area contributed by atoms with Crippen molar-refractivity contribution >= 4 is 23.2 Å². The fraction of sp³-hybridized carbons (Fsp3) is 0.500. The number of carbonyl (C=O) groups excluding carboxylic acids is 1. The third-order valence-electron chi connectivity index (χ3n) is 2.97. The molecule has 1 aliphatic rings. The monoisotopic (exact) mass is 269 g/mol. The van der Waals surface area contributed by atoms with Crippen LogP contribution in [0.2, 0.25) is 5.15 Å². The van der Waals surface area contributed by atoms with Crippen LogP contribution in [0.4, 0.5) is 5.69 Å². The number of aromatic nitrogens is 1. The van der Waals surface area contributed by atoms with Crippen LogP contribution in [0.1, 0.15) is 23.2 Å². The van der Waals surface area contributed by atoms with Crippen molar-refractivity contribution in [1.29, 1.82) is 0 Å². The van der Waals surface area contributed by atoms with Crippen LogP contribution in [-0.2, 0) is 4.74 Å². The van der Waals surface area contributed by atoms with Gasteiger partial charge in [-0.25, -0.2) is 4.98 Å². The molecule has 6 heteroatoms. The second kappa shape index (κ2) is 6.02. The Morgan fingerprint density at radius 2 is 2.50 bits per heavy atom. The van der Waals surface area contributed by atoms with Gasteiger partial charge in [-0.2, -0.15) is 0 Å². The van der Waals surface area contributed by atoms with Crippen molar-refractivity contribution in [3.8, 4) is 0 Å². The molecule has 0 spiro atoms. The van der Waals surface area contributed by atoms with Gasteiger partial charge in [0.05, 0.1) is 17.4 Å². The summed E-state index contributed by atoms with van der Waals surface area (Å²) in [5.41, 5.74) is 6.32. The predicted octanol–water partition coefficient (Wildman–Crippen LogP) is 1.47. The highest BCUT2D eigenvalue weighted by molar-refractivity contribution is 6.32. The van der Waals surface area contributed by atoms with E-state index < -0.39 is 0 Å². The van der Waals surface area contributed by atoms with Crippen LogP contribution in [0.5, 0.6) is 0 Å². The van der Waals surface area contributed by atoms with E-state index in [9.17, 15) is 4.79 Å². The molecule has 18 heavy (non-hydrogen) atoms. The number of nitrogens with zero attached hydrogens (tertiary/aromatic N) is 1. The first-order chi connectivity index (χ1) is 8.66. The molecule has 1 aliphatic heterocycles. The molecule has 1 unspecified atom stereocenters. The number of carbonyl (C=O) groups is 1. The van der Waals surface area contributed by atoms with E-state index in [-0.39, 0.29) is 11.1 Å². The number of halogens is 1. The zero-order valence-corrected chi connectivity index (χ0v) is 10.7. The third-order valence-corrected chi connectivity index (χ3v) is 3.27. The fourth-order valence-electron chi connectivity index (χ4n) is 1.92. The molecule has 1 amide bonds. The van der Waals surface area contributed by atoms with Crippen LogP contribution in [0.15, 0.2) is 12.3 Å². The SMILES string of the molecule is Nc1cnc(Cl)c(C(=O)NCCC2CCOC2)c1. The van der Waals surface area contributed by atoms with Crippen molar-refractivity contribution in [2.24, 2.45) is 5.92 Å². The summed E-state index contributed by atoms with van der Waals surface area (Å²) in [6.07, 6.45) is 3.41. The highest BCUT2D eigenvalue weighted by atomic mass is 35.5. The third kappa shape index (κ3) is 3.34. The number of ether oxygens (including phenoxy) is 1. The number of pyridine rings is 1. The van der Waals surface area contributed by atoms with Crippen LogP contribution in [0.25, 0.3) is 0 Å². The van der Waals surface area contributed by atoms with E-state index in [2.05, 4.69) is 10.3 Å². The van der Waals surface area contributed by atoms with Crippen LogP contribution < -0.4 is 11.1 Å². The molecule has 2 heterocycles. The predicted molar refractivity (Wildman–Crippen MR) is 69.5 cm³/mol. The summed E-state index contributed by atoms with van der Waals surface area (Å²) in [6, 6.07) is 1.53. The van der Waals surface area contributed by atoms with E-state index in [1.807, 2.05) is 0 Å². The Balaban J connectivity index is 1.85. The van der Waals surface area contributed by atoms with Gasteiger partial charge in [0.2, 0.25) is 0 Å². The molecular weight excluding hydrogens is 254 g/mol. The first kappa shape index (κ1) is 13.1. The molecule has 3 N–H and O–H groups in total. The van der Waals surface area contributed by atoms with Gasteiger partial charge in [0, 0.05) is 19.8 Å². The summed E-state index contributed by atoms with van der Waals surface area (Å²) in [6.45, 7) is 2.22. The maximum Gasteiger partial charge on any atom is 0.254 e. The van der Waals surface area contributed by atoms with Crippen molar-refractivity contribution in [3.05, 3.63) is 23.0 Å². The Kier molecular flexibility index (Phi) is 4.38. The second-order valence-corrected chi connectivity index (χ2v) is 4.74. The van der Waals surface area contributed by atoms with Crippen molar-refractivity contribution < 1.29 is 9.53 Å². The van der Waals surface area contributed by atoms with Gasteiger partial charge in [0.1, 0.15) is 5.15 Å². The van der Waals surface area contributed by atoms with E-state index in [4.69, 9.17) is 22.1 Å². The Labute approximate surface area is 111 Å². The van der Waals surface area contributed by atoms with Crippen molar-refractivity contribution in [3.63, 3.8) is 0 Å². The zero-order chi connectivity index (χ0) is 13.0. The highest BCUT2D eigenvalue weighted by Gasteiger charge is 2.16. The summed E-state index contributed by atoms with van der Waals surface area (Å²) < 4.78 is 5.27. The van der Waals surface area contributed by atoms with Crippen LogP contribution in [-0.4, -0.2) is 30.6 Å². The number of nitrogens with two attached hydrogens (primary N) is 1. The van der Waals surface area contributed by atoms with Gasteiger partial charge in [-0.15, -0.1) is 0 Å². The van der Waals surface area contributed by atoms with Gasteiger partial charge < -0.3 is 15.8 Å². The van der Waals surface area contributed by atoms with Crippen LogP contribution in [0.3, 0.4) is 0 Å². The van der Waals surface area contributed by atoms with Gasteiger partial charge >= 0.3 is 0 Å². The second-order valence-electron chi connectivity index (χ2n) is 4.38. The van der Waals surface area contributed by atoms with E-state index in [0.29, 0.717) is 23.7 Å². The Morgan fingerprint density at radius 1 is 1.67 bits per heavy atom. The smallest absolute Gasteiger partial charge is 0.254 e. The molecule has 1 saturated heterocycles. The van der Waals surface area contributed by atoms with Crippen molar-refractivity contribution in [1.82, 2.24) is 10.3 Å². The number of nitrogen functional groups attached to an aromatic ring is 1. The first-order valence-electron chi connectivity index (χ1n) is 5.94. The van der Waals surface area contributed by atoms with E-state index in [1.54, 1.807) is 0 Å². The topological polar surface area (TPSA) is 77.2 Å². The first-order valence-corrected chi connectivity index (χ1v) is 6.31. The number of hydrogen-bond acceptors (Lipinski definition) is 4. The normalized spacial score (nSPS) is 18.8. The van der Waals surface area contributed by atoms with E-state index >= 15 is 0 Å². The molecule has 0 saturated carbocycles. The lowest BCUT2D eigenvalue weighted by Crippen LogP contribution is -2.26. The maximum atomic E-state index is 11.9. The highest BCUT2D eigenvalue weighted by Crippen LogP contribution is 2.17. The van der Waals surface area contributed by atoms with E-state index in [1.165, 1.54) is 12.3 Å². The van der Waals surface area contributed by atoms with Crippen LogP contribution >= 0.6 is 11.6 Å². The number of nitrogens with one attached hydrogen (secondary N) is 1. The molecule has 0 aromatic carbocycles. The quantitative estimate of drug-likeness (QED) is 0.812. The number of amides is 1. The minimum Gasteiger partial charge on any atom is -0.397 e. The van der Waals surface area contributed by atoms with Crippen molar-refractivity contribution in [2.45, 2.75) is 12.8 Å². The molecule has 1 aromatic rings. The molecular formula is C12H16ClN3O2. The molecule has 0 bridgehead atoms. The van der Waals surface area contributed by atoms with Gasteiger partial charge in [-0.05, 0) is 24.8 Å². The number of rotatable bonds is 4. The number of anilines is 1. The fourth-order valence-corrected chi connectivity index (χ4v) is 2.11. The number of hydrogen-bond donors (Lipinski definition) is 2. The maximum absolute atomic E-state index is 11.9. The van der Waals surface area contributed by atoms with E-state index in [0.717, 1.165) is 26.1 Å². The lowest BCUT2D eigenvalue weighted by atomic mass is 10.1. The molecule has 98 valence electrons. The van der Waals surface area contributed by atoms with Gasteiger partial charge in [-0.1, -0.05) is 11.6 Å². The summed E-state index contributed by atoms with van der Waals surface area (Å²) in [5, 5.41) is 2.99. The molecule has 0 aliphatic carbocycles. The lowest BCUT2D eigenvalue weighted by Gasteiger charge is -2.09. The Hall–Kier alpha value is -1.33. The average molecular weight is 270 g/mol. The van der Waals surface area contributed by atoms with Gasteiger partial charge in [0.15, 0.2) is 0 Å². The summed E-state index contributed by atoms with van der Waals surface area (Å²) in [5.74, 6) is 0.304. The van der Waals surface area contributed by atoms with Gasteiger partial charge in [-0.3, -0.25) is 4.79 Å². The lowest BCUT2D eigenvalue weighted by molar-refractivity contribution is 0.0950. The summed E-state index contributed by atoms with van der Waals surface area (Å²) in [4.78, 5) is 15.7. The molecule has 1 atom stereocenters. The largest absolute Gasteiger partial charge is 0.397 e. The standard InChI is InChI=1S/C12H16ClN3O2/c13-11-10(5-9(14)6-16-11)12(17)15-3-1-8-2-4-18-7-8/h5-6,8H,1-4,7,14H2,(H,15,17). The Morgan fingerprint density at radius 3 is 3.22 bits per heavy atom. The minimum atomic E-state index is -0.237. The zero-order valence-electron chi connectivity index (χ0n) is 9.99. The summed E-state index contributed by atoms with van der Waals surface area (Å²) >= 11 is 5.85. The average Bonchev–Trinajstić information content (AvgIpc) is 2.85. The van der Waals surface area contributed by atoms with Crippen molar-refractivity contribution in [2.75, 3.05) is 25.5 Å². The molecule has 1 fully saturated rings.